The van der Waals surface area contributed by atoms with Crippen molar-refractivity contribution in [3.63, 3.8) is 0 Å². The maximum absolute atomic E-state index is 12.4. The van der Waals surface area contributed by atoms with Crippen molar-refractivity contribution in [2.45, 2.75) is 4.83 Å². The number of carbonyl (C=O) groups excluding carboxylic acids is 1. The molecule has 3 aromatic rings. The minimum Gasteiger partial charge on any atom is -0.292 e. The lowest BCUT2D eigenvalue weighted by Gasteiger charge is -2.15. The number of benzene rings is 3. The highest BCUT2D eigenvalue weighted by atomic mass is 79.9. The molecule has 0 aromatic heterocycles. The molecular weight excluding hydrogens is 314 g/mol. The van der Waals surface area contributed by atoms with Gasteiger partial charge in [0, 0.05) is 6.21 Å². The molecule has 0 fully saturated rings. The zero-order valence-corrected chi connectivity index (χ0v) is 12.1. The molecule has 2 nitrogen and oxygen atoms in total. The molecule has 0 spiro atoms. The van der Waals surface area contributed by atoms with Gasteiger partial charge in [-0.3, -0.25) is 9.79 Å². The summed E-state index contributed by atoms with van der Waals surface area (Å²) in [5, 5.41) is 4.38. The summed E-state index contributed by atoms with van der Waals surface area (Å²) in [5.74, 6) is 0.0795. The number of hydrogen-bond acceptors (Lipinski definition) is 2. The molecule has 1 unspecified atom stereocenters. The van der Waals surface area contributed by atoms with Crippen LogP contribution in [0.3, 0.4) is 0 Å². The lowest BCUT2D eigenvalue weighted by Crippen LogP contribution is -2.19. The first-order valence-corrected chi connectivity index (χ1v) is 7.33. The van der Waals surface area contributed by atoms with E-state index in [2.05, 4.69) is 45.2 Å². The molecule has 4 rings (SSSR count). The SMILES string of the molecule is O=C1c2c(ccc3cc4ccccc4cc23)N=CC1Br. The highest BCUT2D eigenvalue weighted by Crippen LogP contribution is 2.35. The third-order valence-corrected chi connectivity index (χ3v) is 4.36. The Hall–Kier alpha value is -2.00. The second-order valence-corrected chi connectivity index (χ2v) is 5.91. The highest BCUT2D eigenvalue weighted by Gasteiger charge is 2.24. The molecule has 0 amide bonds. The number of carbonyl (C=O) groups is 1. The fourth-order valence-electron chi connectivity index (χ4n) is 2.72. The number of alkyl halides is 1. The lowest BCUT2D eigenvalue weighted by atomic mass is 9.94. The minimum absolute atomic E-state index is 0.0795. The Bertz CT molecular complexity index is 898. The van der Waals surface area contributed by atoms with Crippen LogP contribution in [0.1, 0.15) is 10.4 Å². The van der Waals surface area contributed by atoms with Crippen molar-refractivity contribution < 1.29 is 4.79 Å². The number of aliphatic imine (C=N–C) groups is 1. The van der Waals surface area contributed by atoms with Crippen molar-refractivity contribution in [1.29, 1.82) is 0 Å². The standard InChI is InChI=1S/C17H10BrNO/c18-14-9-19-15-6-5-12-7-10-3-1-2-4-11(10)8-13(12)16(15)17(14)20/h1-9,14H. The largest absolute Gasteiger partial charge is 0.292 e. The maximum atomic E-state index is 12.4. The van der Waals surface area contributed by atoms with Crippen LogP contribution in [0.5, 0.6) is 0 Å². The second kappa shape index (κ2) is 4.25. The van der Waals surface area contributed by atoms with Gasteiger partial charge in [-0.15, -0.1) is 0 Å². The van der Waals surface area contributed by atoms with E-state index < -0.39 is 0 Å². The molecule has 1 aliphatic rings. The van der Waals surface area contributed by atoms with Crippen molar-refractivity contribution in [3.8, 4) is 0 Å². The predicted octanol–water partition coefficient (Wildman–Crippen LogP) is 4.66. The van der Waals surface area contributed by atoms with Gasteiger partial charge < -0.3 is 0 Å². The van der Waals surface area contributed by atoms with E-state index >= 15 is 0 Å². The first-order valence-electron chi connectivity index (χ1n) is 6.42. The summed E-state index contributed by atoms with van der Waals surface area (Å²) < 4.78 is 0. The Morgan fingerprint density at radius 1 is 0.950 bits per heavy atom. The summed E-state index contributed by atoms with van der Waals surface area (Å²) >= 11 is 3.36. The zero-order valence-electron chi connectivity index (χ0n) is 10.5. The van der Waals surface area contributed by atoms with E-state index in [1.165, 1.54) is 5.39 Å². The van der Waals surface area contributed by atoms with Crippen molar-refractivity contribution in [1.82, 2.24) is 0 Å². The number of ketones is 1. The topological polar surface area (TPSA) is 29.4 Å². The maximum Gasteiger partial charge on any atom is 0.184 e. The Morgan fingerprint density at radius 3 is 2.50 bits per heavy atom. The van der Waals surface area contributed by atoms with E-state index in [9.17, 15) is 4.79 Å². The molecule has 3 aromatic carbocycles. The molecule has 1 aliphatic heterocycles. The summed E-state index contributed by atoms with van der Waals surface area (Å²) in [5.41, 5.74) is 1.48. The fraction of sp³-hybridized carbons (Fsp3) is 0.0588. The van der Waals surface area contributed by atoms with Crippen LogP contribution in [0, 0.1) is 0 Å². The normalized spacial score (nSPS) is 17.6. The van der Waals surface area contributed by atoms with Gasteiger partial charge in [0.2, 0.25) is 0 Å². The van der Waals surface area contributed by atoms with Crippen molar-refractivity contribution >= 4 is 55.2 Å². The Labute approximate surface area is 124 Å². The van der Waals surface area contributed by atoms with E-state index in [4.69, 9.17) is 0 Å². The number of rotatable bonds is 0. The molecule has 96 valence electrons. The summed E-state index contributed by atoms with van der Waals surface area (Å²) in [7, 11) is 0. The number of hydrogen-bond donors (Lipinski definition) is 0. The average molecular weight is 324 g/mol. The quantitative estimate of drug-likeness (QED) is 0.437. The molecule has 0 aliphatic carbocycles. The summed E-state index contributed by atoms with van der Waals surface area (Å²) in [6.45, 7) is 0. The van der Waals surface area contributed by atoms with Crippen LogP contribution in [0.4, 0.5) is 5.69 Å². The molecule has 1 atom stereocenters. The van der Waals surface area contributed by atoms with E-state index in [1.54, 1.807) is 6.21 Å². The third kappa shape index (κ3) is 1.63. The van der Waals surface area contributed by atoms with Gasteiger partial charge in [0.1, 0.15) is 4.83 Å². The number of Topliss-reactive ketones (excluding diaryl/α,β-unsaturated/α-hetero) is 1. The number of halogens is 1. The van der Waals surface area contributed by atoms with Gasteiger partial charge in [-0.25, -0.2) is 0 Å². The molecule has 0 saturated carbocycles. The van der Waals surface area contributed by atoms with Crippen LogP contribution in [0.25, 0.3) is 21.5 Å². The van der Waals surface area contributed by atoms with Crippen LogP contribution >= 0.6 is 15.9 Å². The Morgan fingerprint density at radius 2 is 1.70 bits per heavy atom. The van der Waals surface area contributed by atoms with Crippen LogP contribution in [-0.2, 0) is 0 Å². The molecule has 1 heterocycles. The average Bonchev–Trinajstić information content (AvgIpc) is 2.48. The van der Waals surface area contributed by atoms with Crippen LogP contribution in [0.15, 0.2) is 53.5 Å². The van der Waals surface area contributed by atoms with Gasteiger partial charge in [-0.2, -0.15) is 0 Å². The first kappa shape index (κ1) is 11.8. The molecule has 20 heavy (non-hydrogen) atoms. The Kier molecular flexibility index (Phi) is 2.51. The van der Waals surface area contributed by atoms with Crippen molar-refractivity contribution in [2.24, 2.45) is 4.99 Å². The third-order valence-electron chi connectivity index (χ3n) is 3.71. The monoisotopic (exact) mass is 323 g/mol. The fourth-order valence-corrected chi connectivity index (χ4v) is 3.07. The molecule has 0 N–H and O–H groups in total. The van der Waals surface area contributed by atoms with Gasteiger partial charge >= 0.3 is 0 Å². The van der Waals surface area contributed by atoms with Crippen LogP contribution in [0.2, 0.25) is 0 Å². The first-order chi connectivity index (χ1) is 9.74. The number of fused-ring (bicyclic) bond motifs is 4. The number of nitrogens with zero attached hydrogens (tertiary/aromatic N) is 1. The summed E-state index contributed by atoms with van der Waals surface area (Å²) in [6, 6.07) is 16.3. The predicted molar refractivity (Wildman–Crippen MR) is 86.7 cm³/mol. The van der Waals surface area contributed by atoms with E-state index in [0.29, 0.717) is 0 Å². The Balaban J connectivity index is 2.15. The van der Waals surface area contributed by atoms with Gasteiger partial charge in [-0.1, -0.05) is 46.3 Å². The van der Waals surface area contributed by atoms with E-state index in [1.807, 2.05) is 24.3 Å². The van der Waals surface area contributed by atoms with Crippen LogP contribution < -0.4 is 0 Å². The van der Waals surface area contributed by atoms with E-state index in [0.717, 1.165) is 27.4 Å². The van der Waals surface area contributed by atoms with Gasteiger partial charge in [0.25, 0.3) is 0 Å². The molecule has 0 radical (unpaired) electrons. The second-order valence-electron chi connectivity index (χ2n) is 4.92. The summed E-state index contributed by atoms with van der Waals surface area (Å²) in [4.78, 5) is 16.5. The van der Waals surface area contributed by atoms with Gasteiger partial charge in [-0.05, 0) is 39.7 Å². The van der Waals surface area contributed by atoms with Gasteiger partial charge in [0.05, 0.1) is 11.3 Å². The molecule has 3 heteroatoms. The highest BCUT2D eigenvalue weighted by molar-refractivity contribution is 9.10. The van der Waals surface area contributed by atoms with Gasteiger partial charge in [0.15, 0.2) is 5.78 Å². The van der Waals surface area contributed by atoms with Crippen molar-refractivity contribution in [2.75, 3.05) is 0 Å². The van der Waals surface area contributed by atoms with Crippen LogP contribution in [-0.4, -0.2) is 16.8 Å². The van der Waals surface area contributed by atoms with E-state index in [-0.39, 0.29) is 10.6 Å². The zero-order chi connectivity index (χ0) is 13.7. The molecule has 0 saturated heterocycles. The molecular formula is C17H10BrNO. The smallest absolute Gasteiger partial charge is 0.184 e. The lowest BCUT2D eigenvalue weighted by molar-refractivity contribution is 0.101. The summed E-state index contributed by atoms with van der Waals surface area (Å²) in [6.07, 6.45) is 1.65. The van der Waals surface area contributed by atoms with Crippen molar-refractivity contribution in [3.05, 3.63) is 54.1 Å². The molecule has 0 bridgehead atoms. The minimum atomic E-state index is -0.327.